The van der Waals surface area contributed by atoms with Crippen molar-refractivity contribution < 1.29 is 9.53 Å². The highest BCUT2D eigenvalue weighted by molar-refractivity contribution is 5.76. The first-order valence-corrected chi connectivity index (χ1v) is 6.10. The minimum Gasteiger partial charge on any atom is -0.370 e. The average Bonchev–Trinajstić information content (AvgIpc) is 2.43. The molecule has 0 unspecified atom stereocenters. The van der Waals surface area contributed by atoms with Gasteiger partial charge in [-0.3, -0.25) is 4.79 Å². The van der Waals surface area contributed by atoms with Gasteiger partial charge >= 0.3 is 0 Å². The molecule has 0 heterocycles. The van der Waals surface area contributed by atoms with Gasteiger partial charge in [-0.25, -0.2) is 0 Å². The topological polar surface area (TPSA) is 55.6 Å². The Hall–Kier alpha value is -0.610. The summed E-state index contributed by atoms with van der Waals surface area (Å²) in [6.07, 6.45) is 6.94. The first-order valence-electron chi connectivity index (χ1n) is 6.10. The van der Waals surface area contributed by atoms with Gasteiger partial charge in [0, 0.05) is 19.6 Å². The lowest BCUT2D eigenvalue weighted by Crippen LogP contribution is -2.44. The SMILES string of the molecule is CN(C)C(=O)COCC1(N)CCCCCC1. The number of nitrogens with zero attached hydrogens (tertiary/aromatic N) is 1. The lowest BCUT2D eigenvalue weighted by molar-refractivity contribution is -0.134. The zero-order chi connectivity index (χ0) is 12.0. The maximum atomic E-state index is 11.3. The van der Waals surface area contributed by atoms with E-state index in [1.54, 1.807) is 14.1 Å². The van der Waals surface area contributed by atoms with Crippen molar-refractivity contribution in [2.45, 2.75) is 44.1 Å². The van der Waals surface area contributed by atoms with Crippen LogP contribution in [0.15, 0.2) is 0 Å². The molecule has 4 heteroatoms. The molecule has 1 fully saturated rings. The van der Waals surface area contributed by atoms with Crippen molar-refractivity contribution in [1.29, 1.82) is 0 Å². The molecule has 1 saturated carbocycles. The van der Waals surface area contributed by atoms with E-state index in [0.717, 1.165) is 12.8 Å². The summed E-state index contributed by atoms with van der Waals surface area (Å²) < 4.78 is 5.44. The van der Waals surface area contributed by atoms with Crippen molar-refractivity contribution >= 4 is 5.91 Å². The predicted molar refractivity (Wildman–Crippen MR) is 64.1 cm³/mol. The molecule has 1 rings (SSSR count). The third kappa shape index (κ3) is 4.49. The number of rotatable bonds is 4. The highest BCUT2D eigenvalue weighted by atomic mass is 16.5. The molecule has 0 aromatic rings. The number of carbonyl (C=O) groups is 1. The van der Waals surface area contributed by atoms with Gasteiger partial charge in [0.25, 0.3) is 0 Å². The van der Waals surface area contributed by atoms with Crippen LogP contribution in [-0.4, -0.2) is 43.7 Å². The Morgan fingerprint density at radius 1 is 1.25 bits per heavy atom. The summed E-state index contributed by atoms with van der Waals surface area (Å²) in [5, 5.41) is 0. The number of likely N-dealkylation sites (N-methyl/N-ethyl adjacent to an activating group) is 1. The van der Waals surface area contributed by atoms with Crippen LogP contribution in [0.5, 0.6) is 0 Å². The molecular formula is C12H24N2O2. The Balaban J connectivity index is 2.27. The summed E-state index contributed by atoms with van der Waals surface area (Å²) in [6.45, 7) is 0.651. The molecule has 94 valence electrons. The lowest BCUT2D eigenvalue weighted by Gasteiger charge is -2.27. The van der Waals surface area contributed by atoms with E-state index in [1.165, 1.54) is 30.6 Å². The first kappa shape index (κ1) is 13.5. The van der Waals surface area contributed by atoms with Crippen LogP contribution < -0.4 is 5.73 Å². The maximum absolute atomic E-state index is 11.3. The van der Waals surface area contributed by atoms with Crippen LogP contribution in [0.25, 0.3) is 0 Å². The zero-order valence-corrected chi connectivity index (χ0v) is 10.5. The second-order valence-electron chi connectivity index (χ2n) is 5.06. The third-order valence-corrected chi connectivity index (χ3v) is 3.21. The molecule has 0 atom stereocenters. The van der Waals surface area contributed by atoms with Crippen molar-refractivity contribution in [3.63, 3.8) is 0 Å². The van der Waals surface area contributed by atoms with Gasteiger partial charge in [-0.1, -0.05) is 25.7 Å². The van der Waals surface area contributed by atoms with E-state index in [9.17, 15) is 4.79 Å². The predicted octanol–water partition coefficient (Wildman–Crippen LogP) is 1.14. The Morgan fingerprint density at radius 3 is 2.31 bits per heavy atom. The van der Waals surface area contributed by atoms with Crippen molar-refractivity contribution in [2.24, 2.45) is 5.73 Å². The molecule has 2 N–H and O–H groups in total. The largest absolute Gasteiger partial charge is 0.370 e. The van der Waals surface area contributed by atoms with Crippen LogP contribution in [0.1, 0.15) is 38.5 Å². The van der Waals surface area contributed by atoms with Gasteiger partial charge in [-0.15, -0.1) is 0 Å². The Bertz CT molecular complexity index is 221. The van der Waals surface area contributed by atoms with Gasteiger partial charge in [0.15, 0.2) is 0 Å². The molecule has 0 aliphatic heterocycles. The van der Waals surface area contributed by atoms with Crippen molar-refractivity contribution in [1.82, 2.24) is 4.90 Å². The number of nitrogens with two attached hydrogens (primary N) is 1. The van der Waals surface area contributed by atoms with Gasteiger partial charge < -0.3 is 15.4 Å². The number of hydrogen-bond acceptors (Lipinski definition) is 3. The molecule has 16 heavy (non-hydrogen) atoms. The smallest absolute Gasteiger partial charge is 0.248 e. The van der Waals surface area contributed by atoms with Crippen LogP contribution >= 0.6 is 0 Å². The van der Waals surface area contributed by atoms with Gasteiger partial charge in [0.05, 0.1) is 6.61 Å². The highest BCUT2D eigenvalue weighted by Crippen LogP contribution is 2.25. The van der Waals surface area contributed by atoms with Crippen molar-refractivity contribution in [2.75, 3.05) is 27.3 Å². The average molecular weight is 228 g/mol. The highest BCUT2D eigenvalue weighted by Gasteiger charge is 2.26. The van der Waals surface area contributed by atoms with E-state index in [2.05, 4.69) is 0 Å². The van der Waals surface area contributed by atoms with Crippen LogP contribution in [0, 0.1) is 0 Å². The fourth-order valence-corrected chi connectivity index (χ4v) is 2.05. The van der Waals surface area contributed by atoms with E-state index >= 15 is 0 Å². The summed E-state index contributed by atoms with van der Waals surface area (Å²) in [5.41, 5.74) is 6.07. The molecule has 1 amide bonds. The van der Waals surface area contributed by atoms with Crippen LogP contribution in [0.4, 0.5) is 0 Å². The molecule has 0 bridgehead atoms. The fraction of sp³-hybridized carbons (Fsp3) is 0.917. The molecule has 1 aliphatic carbocycles. The van der Waals surface area contributed by atoms with Gasteiger partial charge in [-0.05, 0) is 12.8 Å². The Labute approximate surface area is 98.1 Å². The van der Waals surface area contributed by atoms with E-state index in [1.807, 2.05) is 0 Å². The summed E-state index contributed by atoms with van der Waals surface area (Å²) in [4.78, 5) is 12.9. The molecular weight excluding hydrogens is 204 g/mol. The quantitative estimate of drug-likeness (QED) is 0.734. The molecule has 0 spiro atoms. The molecule has 0 aromatic heterocycles. The second kappa shape index (κ2) is 6.21. The summed E-state index contributed by atoms with van der Waals surface area (Å²) in [5.74, 6) is -0.00257. The Morgan fingerprint density at radius 2 is 1.81 bits per heavy atom. The number of hydrogen-bond donors (Lipinski definition) is 1. The number of ether oxygens (including phenoxy) is 1. The van der Waals surface area contributed by atoms with Crippen LogP contribution in [0.3, 0.4) is 0 Å². The number of amides is 1. The minimum atomic E-state index is -0.205. The normalized spacial score (nSPS) is 20.2. The van der Waals surface area contributed by atoms with E-state index in [-0.39, 0.29) is 18.1 Å². The van der Waals surface area contributed by atoms with Gasteiger partial charge in [-0.2, -0.15) is 0 Å². The molecule has 0 radical (unpaired) electrons. The van der Waals surface area contributed by atoms with Crippen LogP contribution in [-0.2, 0) is 9.53 Å². The monoisotopic (exact) mass is 228 g/mol. The maximum Gasteiger partial charge on any atom is 0.248 e. The molecule has 4 nitrogen and oxygen atoms in total. The lowest BCUT2D eigenvalue weighted by atomic mass is 9.93. The summed E-state index contributed by atoms with van der Waals surface area (Å²) in [6, 6.07) is 0. The van der Waals surface area contributed by atoms with E-state index in [0.29, 0.717) is 6.61 Å². The van der Waals surface area contributed by atoms with Gasteiger partial charge in [0.1, 0.15) is 6.61 Å². The first-order chi connectivity index (χ1) is 7.53. The zero-order valence-electron chi connectivity index (χ0n) is 10.5. The molecule has 1 aliphatic rings. The Kier molecular flexibility index (Phi) is 5.22. The molecule has 0 aromatic carbocycles. The minimum absolute atomic E-state index is 0.00257. The fourth-order valence-electron chi connectivity index (χ4n) is 2.05. The van der Waals surface area contributed by atoms with E-state index in [4.69, 9.17) is 10.5 Å². The summed E-state index contributed by atoms with van der Waals surface area (Å²) >= 11 is 0. The van der Waals surface area contributed by atoms with Crippen molar-refractivity contribution in [3.8, 4) is 0 Å². The molecule has 0 saturated heterocycles. The van der Waals surface area contributed by atoms with Gasteiger partial charge in [0.2, 0.25) is 5.91 Å². The summed E-state index contributed by atoms with van der Waals surface area (Å²) in [7, 11) is 3.46. The van der Waals surface area contributed by atoms with Crippen molar-refractivity contribution in [3.05, 3.63) is 0 Å². The van der Waals surface area contributed by atoms with E-state index < -0.39 is 0 Å². The van der Waals surface area contributed by atoms with Crippen LogP contribution in [0.2, 0.25) is 0 Å². The second-order valence-corrected chi connectivity index (χ2v) is 5.06. The third-order valence-electron chi connectivity index (χ3n) is 3.21. The number of carbonyl (C=O) groups excluding carboxylic acids is 1. The standard InChI is InChI=1S/C12H24N2O2/c1-14(2)11(15)9-16-10-12(13)7-5-3-4-6-8-12/h3-10,13H2,1-2H3.